The molecule has 1 N–H and O–H groups in total. The van der Waals surface area contributed by atoms with E-state index in [0.29, 0.717) is 22.8 Å². The Morgan fingerprint density at radius 2 is 1.78 bits per heavy atom. The van der Waals surface area contributed by atoms with Gasteiger partial charge in [0.1, 0.15) is 23.3 Å². The number of ketones is 1. The molecule has 3 aromatic rings. The predicted octanol–water partition coefficient (Wildman–Crippen LogP) is 5.15. The highest BCUT2D eigenvalue weighted by atomic mass is 16.5. The van der Waals surface area contributed by atoms with Gasteiger partial charge in [0.2, 0.25) is 0 Å². The topological polar surface area (TPSA) is 80.0 Å². The van der Waals surface area contributed by atoms with Crippen LogP contribution in [-0.2, 0) is 9.59 Å². The van der Waals surface area contributed by atoms with E-state index in [9.17, 15) is 14.7 Å². The second kappa shape index (κ2) is 8.04. The highest BCUT2D eigenvalue weighted by molar-refractivity contribution is 6.51. The number of methoxy groups -OCH3 is 1. The zero-order valence-corrected chi connectivity index (χ0v) is 18.7. The lowest BCUT2D eigenvalue weighted by molar-refractivity contribution is -0.132. The van der Waals surface area contributed by atoms with Crippen LogP contribution in [0.1, 0.15) is 39.6 Å². The molecule has 1 aromatic heterocycles. The largest absolute Gasteiger partial charge is 0.507 e. The Balaban J connectivity index is 2.01. The summed E-state index contributed by atoms with van der Waals surface area (Å²) >= 11 is 0. The average molecular weight is 431 g/mol. The first-order valence-electron chi connectivity index (χ1n) is 10.3. The van der Waals surface area contributed by atoms with Crippen LogP contribution < -0.4 is 9.64 Å². The number of aliphatic hydroxyl groups excluding tert-OH is 1. The van der Waals surface area contributed by atoms with Crippen molar-refractivity contribution in [2.75, 3.05) is 12.0 Å². The van der Waals surface area contributed by atoms with Crippen LogP contribution in [0.2, 0.25) is 0 Å². The van der Waals surface area contributed by atoms with Gasteiger partial charge in [-0.15, -0.1) is 0 Å². The first-order chi connectivity index (χ1) is 15.3. The lowest BCUT2D eigenvalue weighted by atomic mass is 9.96. The molecule has 1 fully saturated rings. The average Bonchev–Trinajstić information content (AvgIpc) is 3.36. The molecule has 164 valence electrons. The number of anilines is 1. The molecule has 0 saturated carbocycles. The third-order valence-electron chi connectivity index (χ3n) is 5.97. The van der Waals surface area contributed by atoms with Gasteiger partial charge in [0.05, 0.1) is 24.5 Å². The molecule has 2 aromatic carbocycles. The zero-order valence-electron chi connectivity index (χ0n) is 18.7. The number of Topliss-reactive ketones (excluding diaryl/α,β-unsaturated/α-hetero) is 1. The number of amides is 1. The Bertz CT molecular complexity index is 1250. The molecule has 2 heterocycles. The van der Waals surface area contributed by atoms with Crippen molar-refractivity contribution in [1.82, 2.24) is 0 Å². The fourth-order valence-corrected chi connectivity index (χ4v) is 4.34. The van der Waals surface area contributed by atoms with Crippen molar-refractivity contribution >= 4 is 23.1 Å². The number of benzene rings is 2. The van der Waals surface area contributed by atoms with Gasteiger partial charge in [-0.1, -0.05) is 18.2 Å². The van der Waals surface area contributed by atoms with Gasteiger partial charge in [0, 0.05) is 5.69 Å². The number of carbonyl (C=O) groups excluding carboxylic acids is 2. The molecule has 0 spiro atoms. The Morgan fingerprint density at radius 1 is 1.03 bits per heavy atom. The van der Waals surface area contributed by atoms with Crippen molar-refractivity contribution in [2.45, 2.75) is 33.7 Å². The second-order valence-electron chi connectivity index (χ2n) is 8.07. The van der Waals surface area contributed by atoms with E-state index in [1.54, 1.807) is 24.3 Å². The Labute approximate surface area is 186 Å². The zero-order chi connectivity index (χ0) is 23.2. The lowest BCUT2D eigenvalue weighted by Crippen LogP contribution is -2.30. The molecule has 0 bridgehead atoms. The van der Waals surface area contributed by atoms with E-state index in [4.69, 9.17) is 9.15 Å². The van der Waals surface area contributed by atoms with Crippen LogP contribution in [0.3, 0.4) is 0 Å². The summed E-state index contributed by atoms with van der Waals surface area (Å²) < 4.78 is 11.2. The molecule has 1 amide bonds. The third kappa shape index (κ3) is 3.28. The van der Waals surface area contributed by atoms with Crippen LogP contribution in [0.15, 0.2) is 58.7 Å². The SMILES string of the molecule is COc1c(C)cc(C)cc1/C(O)=C1/C(=O)C(=O)N(c2cccc(C)c2C)C1c1ccco1. The minimum absolute atomic E-state index is 0.0332. The Hall–Kier alpha value is -3.80. The highest BCUT2D eigenvalue weighted by Gasteiger charge is 2.49. The first-order valence-corrected chi connectivity index (χ1v) is 10.3. The molecule has 6 nitrogen and oxygen atoms in total. The quantitative estimate of drug-likeness (QED) is 0.351. The molecule has 1 unspecified atom stereocenters. The Morgan fingerprint density at radius 3 is 2.44 bits per heavy atom. The van der Waals surface area contributed by atoms with Crippen molar-refractivity contribution in [1.29, 1.82) is 0 Å². The van der Waals surface area contributed by atoms with E-state index >= 15 is 0 Å². The standard InChI is InChI=1S/C26H25NO5/c1-14-12-16(3)25(31-5)18(13-14)23(28)21-22(20-10-7-11-32-20)27(26(30)24(21)29)19-9-6-8-15(2)17(19)4/h6-13,22,28H,1-5H3/b23-21-. The van der Waals surface area contributed by atoms with Crippen molar-refractivity contribution in [3.63, 3.8) is 0 Å². The van der Waals surface area contributed by atoms with Gasteiger partial charge >= 0.3 is 0 Å². The van der Waals surface area contributed by atoms with Gasteiger partial charge in [-0.25, -0.2) is 0 Å². The summed E-state index contributed by atoms with van der Waals surface area (Å²) in [5.41, 5.74) is 4.48. The Kier molecular flexibility index (Phi) is 5.38. The predicted molar refractivity (Wildman–Crippen MR) is 122 cm³/mol. The molecule has 0 radical (unpaired) electrons. The summed E-state index contributed by atoms with van der Waals surface area (Å²) in [5.74, 6) is -0.948. The molecule has 1 aliphatic heterocycles. The molecule has 1 atom stereocenters. The molecule has 0 aliphatic carbocycles. The normalized spacial score (nSPS) is 17.8. The monoisotopic (exact) mass is 431 g/mol. The van der Waals surface area contributed by atoms with Crippen LogP contribution in [-0.4, -0.2) is 23.9 Å². The summed E-state index contributed by atoms with van der Waals surface area (Å²) in [6, 6.07) is 11.7. The van der Waals surface area contributed by atoms with E-state index in [2.05, 4.69) is 0 Å². The number of hydrogen-bond donors (Lipinski definition) is 1. The van der Waals surface area contributed by atoms with Gasteiger partial charge < -0.3 is 14.3 Å². The number of nitrogens with zero attached hydrogens (tertiary/aromatic N) is 1. The maximum atomic E-state index is 13.3. The summed E-state index contributed by atoms with van der Waals surface area (Å²) in [4.78, 5) is 28.0. The van der Waals surface area contributed by atoms with Gasteiger partial charge in [-0.2, -0.15) is 0 Å². The molecule has 6 heteroatoms. The number of carbonyl (C=O) groups is 2. The maximum Gasteiger partial charge on any atom is 0.300 e. The van der Waals surface area contributed by atoms with Gasteiger partial charge in [0.15, 0.2) is 0 Å². The number of ether oxygens (including phenoxy) is 1. The lowest BCUT2D eigenvalue weighted by Gasteiger charge is -2.25. The molecule has 1 saturated heterocycles. The number of hydrogen-bond acceptors (Lipinski definition) is 5. The molecular weight excluding hydrogens is 406 g/mol. The first kappa shape index (κ1) is 21.4. The second-order valence-corrected chi connectivity index (χ2v) is 8.07. The van der Waals surface area contributed by atoms with E-state index < -0.39 is 17.7 Å². The number of rotatable bonds is 4. The van der Waals surface area contributed by atoms with Crippen LogP contribution in [0.4, 0.5) is 5.69 Å². The van der Waals surface area contributed by atoms with Gasteiger partial charge in [-0.3, -0.25) is 14.5 Å². The number of aryl methyl sites for hydroxylation is 3. The fourth-order valence-electron chi connectivity index (χ4n) is 4.34. The van der Waals surface area contributed by atoms with Crippen molar-refractivity contribution in [3.05, 3.63) is 87.9 Å². The van der Waals surface area contributed by atoms with E-state index in [1.165, 1.54) is 18.3 Å². The van der Waals surface area contributed by atoms with Crippen LogP contribution in [0.25, 0.3) is 5.76 Å². The molecular formula is C26H25NO5. The summed E-state index contributed by atoms with van der Waals surface area (Å²) in [6.07, 6.45) is 1.48. The van der Waals surface area contributed by atoms with Gasteiger partial charge in [-0.05, 0) is 74.2 Å². The summed E-state index contributed by atoms with van der Waals surface area (Å²) in [7, 11) is 1.51. The number of aliphatic hydroxyl groups is 1. The van der Waals surface area contributed by atoms with E-state index in [-0.39, 0.29) is 11.3 Å². The molecule has 32 heavy (non-hydrogen) atoms. The number of furan rings is 1. The molecule has 1 aliphatic rings. The summed E-state index contributed by atoms with van der Waals surface area (Å²) in [5, 5.41) is 11.4. The van der Waals surface area contributed by atoms with Crippen LogP contribution in [0.5, 0.6) is 5.75 Å². The third-order valence-corrected chi connectivity index (χ3v) is 5.97. The minimum atomic E-state index is -0.906. The fraction of sp³-hybridized carbons (Fsp3) is 0.231. The highest BCUT2D eigenvalue weighted by Crippen LogP contribution is 2.45. The smallest absolute Gasteiger partial charge is 0.300 e. The summed E-state index contributed by atoms with van der Waals surface area (Å²) in [6.45, 7) is 7.59. The van der Waals surface area contributed by atoms with Crippen molar-refractivity contribution < 1.29 is 23.8 Å². The maximum absolute atomic E-state index is 13.3. The van der Waals surface area contributed by atoms with E-state index in [0.717, 1.165) is 22.3 Å². The minimum Gasteiger partial charge on any atom is -0.507 e. The van der Waals surface area contributed by atoms with Crippen molar-refractivity contribution in [3.8, 4) is 5.75 Å². The van der Waals surface area contributed by atoms with Crippen LogP contribution >= 0.6 is 0 Å². The van der Waals surface area contributed by atoms with Crippen molar-refractivity contribution in [2.24, 2.45) is 0 Å². The molecule has 4 rings (SSSR count). The van der Waals surface area contributed by atoms with E-state index in [1.807, 2.05) is 45.9 Å². The van der Waals surface area contributed by atoms with Gasteiger partial charge in [0.25, 0.3) is 11.7 Å². The van der Waals surface area contributed by atoms with Crippen LogP contribution in [0, 0.1) is 27.7 Å².